The van der Waals surface area contributed by atoms with Crippen LogP contribution < -0.4 is 10.9 Å². The van der Waals surface area contributed by atoms with Crippen LogP contribution in [0.2, 0.25) is 0 Å². The molecular formula is C15H16N2O5S. The first-order valence-corrected chi connectivity index (χ1v) is 8.98. The highest BCUT2D eigenvalue weighted by molar-refractivity contribution is 7.91. The summed E-state index contributed by atoms with van der Waals surface area (Å²) in [7, 11) is -3.15. The van der Waals surface area contributed by atoms with Crippen molar-refractivity contribution in [1.82, 2.24) is 10.9 Å². The number of hydrazine groups is 1. The Morgan fingerprint density at radius 1 is 1.22 bits per heavy atom. The van der Waals surface area contributed by atoms with Gasteiger partial charge in [0.1, 0.15) is 5.58 Å². The van der Waals surface area contributed by atoms with Crippen molar-refractivity contribution in [2.75, 3.05) is 11.5 Å². The topological polar surface area (TPSA) is 105 Å². The van der Waals surface area contributed by atoms with Crippen LogP contribution in [0.3, 0.4) is 0 Å². The van der Waals surface area contributed by atoms with Crippen molar-refractivity contribution in [3.63, 3.8) is 0 Å². The van der Waals surface area contributed by atoms with Crippen LogP contribution in [0.1, 0.15) is 22.5 Å². The van der Waals surface area contributed by atoms with Gasteiger partial charge in [-0.1, -0.05) is 18.2 Å². The zero-order chi connectivity index (χ0) is 16.6. The Kier molecular flexibility index (Phi) is 3.85. The number of amides is 2. The molecule has 3 rings (SSSR count). The number of rotatable bonds is 2. The molecule has 23 heavy (non-hydrogen) atoms. The molecule has 0 bridgehead atoms. The third-order valence-corrected chi connectivity index (χ3v) is 5.72. The van der Waals surface area contributed by atoms with Gasteiger partial charge in [0.15, 0.2) is 15.6 Å². The SMILES string of the molecule is Cc1c(C(=O)NNC(=O)[C@@H]2CCS(=O)(=O)C2)oc2ccccc12. The minimum Gasteiger partial charge on any atom is -0.451 e. The van der Waals surface area contributed by atoms with E-state index in [1.54, 1.807) is 19.1 Å². The molecule has 1 aliphatic heterocycles. The van der Waals surface area contributed by atoms with Gasteiger partial charge in [-0.05, 0) is 19.4 Å². The van der Waals surface area contributed by atoms with Gasteiger partial charge >= 0.3 is 5.91 Å². The Hall–Kier alpha value is -2.35. The fourth-order valence-corrected chi connectivity index (χ4v) is 4.41. The Labute approximate surface area is 132 Å². The van der Waals surface area contributed by atoms with Gasteiger partial charge in [0.05, 0.1) is 17.4 Å². The summed E-state index contributed by atoms with van der Waals surface area (Å²) < 4.78 is 28.2. The molecule has 0 aliphatic carbocycles. The van der Waals surface area contributed by atoms with E-state index in [2.05, 4.69) is 10.9 Å². The maximum atomic E-state index is 12.1. The van der Waals surface area contributed by atoms with E-state index in [-0.39, 0.29) is 23.7 Å². The number of furan rings is 1. The van der Waals surface area contributed by atoms with Crippen LogP contribution in [-0.2, 0) is 14.6 Å². The number of para-hydroxylation sites is 1. The highest BCUT2D eigenvalue weighted by Gasteiger charge is 2.33. The number of sulfone groups is 1. The summed E-state index contributed by atoms with van der Waals surface area (Å²) in [6, 6.07) is 7.23. The molecule has 122 valence electrons. The highest BCUT2D eigenvalue weighted by atomic mass is 32.2. The lowest BCUT2D eigenvalue weighted by atomic mass is 10.1. The molecule has 1 aromatic carbocycles. The molecule has 2 heterocycles. The monoisotopic (exact) mass is 336 g/mol. The van der Waals surface area contributed by atoms with Crippen molar-refractivity contribution in [3.05, 3.63) is 35.6 Å². The first-order chi connectivity index (χ1) is 10.9. The number of nitrogens with one attached hydrogen (secondary N) is 2. The second kappa shape index (κ2) is 5.69. The van der Waals surface area contributed by atoms with Crippen molar-refractivity contribution < 1.29 is 22.4 Å². The summed E-state index contributed by atoms with van der Waals surface area (Å²) in [5, 5.41) is 0.825. The smallest absolute Gasteiger partial charge is 0.305 e. The Morgan fingerprint density at radius 2 is 1.96 bits per heavy atom. The van der Waals surface area contributed by atoms with Gasteiger partial charge in [-0.2, -0.15) is 0 Å². The zero-order valence-corrected chi connectivity index (χ0v) is 13.3. The van der Waals surface area contributed by atoms with Crippen LogP contribution in [0.25, 0.3) is 11.0 Å². The molecule has 2 amide bonds. The van der Waals surface area contributed by atoms with Crippen molar-refractivity contribution in [1.29, 1.82) is 0 Å². The van der Waals surface area contributed by atoms with Gasteiger partial charge in [0.25, 0.3) is 0 Å². The Bertz CT molecular complexity index is 884. The Morgan fingerprint density at radius 3 is 2.61 bits per heavy atom. The quantitative estimate of drug-likeness (QED) is 0.794. The van der Waals surface area contributed by atoms with E-state index < -0.39 is 27.6 Å². The predicted octanol–water partition coefficient (Wildman–Crippen LogP) is 0.937. The van der Waals surface area contributed by atoms with Crippen LogP contribution in [0.4, 0.5) is 0 Å². The lowest BCUT2D eigenvalue weighted by Crippen LogP contribution is -2.44. The number of hydrogen-bond donors (Lipinski definition) is 2. The molecule has 1 fully saturated rings. The molecule has 0 spiro atoms. The lowest BCUT2D eigenvalue weighted by Gasteiger charge is -2.09. The van der Waals surface area contributed by atoms with E-state index in [9.17, 15) is 18.0 Å². The Balaban J connectivity index is 1.67. The summed E-state index contributed by atoms with van der Waals surface area (Å²) in [5.74, 6) is -1.77. The normalized spacial score (nSPS) is 19.6. The second-order valence-corrected chi connectivity index (χ2v) is 7.82. The van der Waals surface area contributed by atoms with E-state index in [0.717, 1.165) is 5.39 Å². The number of fused-ring (bicyclic) bond motifs is 1. The number of hydrogen-bond acceptors (Lipinski definition) is 5. The highest BCUT2D eigenvalue weighted by Crippen LogP contribution is 2.24. The summed E-state index contributed by atoms with van der Waals surface area (Å²) in [6.07, 6.45) is 0.272. The fourth-order valence-electron chi connectivity index (χ4n) is 2.67. The van der Waals surface area contributed by atoms with Gasteiger partial charge in [0.2, 0.25) is 5.91 Å². The first-order valence-electron chi connectivity index (χ1n) is 7.16. The van der Waals surface area contributed by atoms with Gasteiger partial charge in [-0.15, -0.1) is 0 Å². The lowest BCUT2D eigenvalue weighted by molar-refractivity contribution is -0.125. The van der Waals surface area contributed by atoms with Gasteiger partial charge in [-0.3, -0.25) is 20.4 Å². The molecule has 2 aromatic rings. The molecule has 7 nitrogen and oxygen atoms in total. The maximum absolute atomic E-state index is 12.1. The molecule has 1 atom stereocenters. The number of benzene rings is 1. The molecule has 0 unspecified atom stereocenters. The average Bonchev–Trinajstić information content (AvgIpc) is 3.05. The van der Waals surface area contributed by atoms with Crippen molar-refractivity contribution in [2.45, 2.75) is 13.3 Å². The fraction of sp³-hybridized carbons (Fsp3) is 0.333. The molecule has 2 N–H and O–H groups in total. The van der Waals surface area contributed by atoms with Crippen LogP contribution >= 0.6 is 0 Å². The van der Waals surface area contributed by atoms with Crippen molar-refractivity contribution in [2.24, 2.45) is 5.92 Å². The molecule has 1 aliphatic rings. The number of aryl methyl sites for hydroxylation is 1. The molecule has 1 aromatic heterocycles. The van der Waals surface area contributed by atoms with E-state index in [1.165, 1.54) is 0 Å². The summed E-state index contributed by atoms with van der Waals surface area (Å²) in [4.78, 5) is 24.0. The molecular weight excluding hydrogens is 320 g/mol. The zero-order valence-electron chi connectivity index (χ0n) is 12.5. The summed E-state index contributed by atoms with van der Waals surface area (Å²) in [5.41, 5.74) is 5.81. The van der Waals surface area contributed by atoms with E-state index in [1.807, 2.05) is 12.1 Å². The van der Waals surface area contributed by atoms with Crippen LogP contribution in [0.5, 0.6) is 0 Å². The average molecular weight is 336 g/mol. The molecule has 8 heteroatoms. The van der Waals surface area contributed by atoms with Crippen LogP contribution in [-0.4, -0.2) is 31.7 Å². The molecule has 0 saturated carbocycles. The van der Waals surface area contributed by atoms with Crippen molar-refractivity contribution >= 4 is 32.6 Å². The minimum absolute atomic E-state index is 0.00170. The summed E-state index contributed by atoms with van der Waals surface area (Å²) in [6.45, 7) is 1.76. The van der Waals surface area contributed by atoms with Gasteiger partial charge < -0.3 is 4.42 Å². The van der Waals surface area contributed by atoms with Gasteiger partial charge in [0, 0.05) is 10.9 Å². The number of carbonyl (C=O) groups excluding carboxylic acids is 2. The molecule has 1 saturated heterocycles. The third kappa shape index (κ3) is 3.07. The van der Waals surface area contributed by atoms with Crippen LogP contribution in [0, 0.1) is 12.8 Å². The molecule has 0 radical (unpaired) electrons. The predicted molar refractivity (Wildman–Crippen MR) is 83.3 cm³/mol. The van der Waals surface area contributed by atoms with Gasteiger partial charge in [-0.25, -0.2) is 8.42 Å². The third-order valence-electron chi connectivity index (χ3n) is 3.95. The first kappa shape index (κ1) is 15.5. The minimum atomic E-state index is -3.15. The number of carbonyl (C=O) groups is 2. The van der Waals surface area contributed by atoms with Crippen LogP contribution in [0.15, 0.2) is 28.7 Å². The summed E-state index contributed by atoms with van der Waals surface area (Å²) >= 11 is 0. The largest absolute Gasteiger partial charge is 0.451 e. The van der Waals surface area contributed by atoms with Crippen molar-refractivity contribution in [3.8, 4) is 0 Å². The van der Waals surface area contributed by atoms with E-state index in [0.29, 0.717) is 11.1 Å². The maximum Gasteiger partial charge on any atom is 0.305 e. The van der Waals surface area contributed by atoms with E-state index in [4.69, 9.17) is 4.42 Å². The standard InChI is InChI=1S/C15H16N2O5S/c1-9-11-4-2-3-5-12(11)22-13(9)15(19)17-16-14(18)10-6-7-23(20,21)8-10/h2-5,10H,6-8H2,1H3,(H,16,18)(H,17,19)/t10-/m1/s1. The second-order valence-electron chi connectivity index (χ2n) is 5.60. The van der Waals surface area contributed by atoms with E-state index >= 15 is 0 Å².